The van der Waals surface area contributed by atoms with E-state index in [9.17, 15) is 4.79 Å². The molecule has 0 amide bonds. The zero-order chi connectivity index (χ0) is 13.1. The number of aromatic nitrogens is 5. The van der Waals surface area contributed by atoms with E-state index in [0.717, 1.165) is 13.0 Å². The standard InChI is InChI=1S/C12H12N6O/c19-12-16-15-11-2-1-10(17-18(11)12)14-8-5-9-3-6-13-7-4-9/h1-4,6-7H,5,8H2,(H,14,17)(H,16,19). The van der Waals surface area contributed by atoms with Crippen molar-refractivity contribution in [1.82, 2.24) is 24.8 Å². The quantitative estimate of drug-likeness (QED) is 0.708. The maximum Gasteiger partial charge on any atom is 0.364 e. The lowest BCUT2D eigenvalue weighted by Gasteiger charge is -2.05. The molecule has 0 saturated heterocycles. The molecule has 3 rings (SSSR count). The summed E-state index contributed by atoms with van der Waals surface area (Å²) in [6.07, 6.45) is 4.40. The number of pyridine rings is 1. The molecule has 7 nitrogen and oxygen atoms in total. The van der Waals surface area contributed by atoms with Gasteiger partial charge >= 0.3 is 5.69 Å². The highest BCUT2D eigenvalue weighted by atomic mass is 16.2. The average Bonchev–Trinajstić information content (AvgIpc) is 2.82. The molecule has 19 heavy (non-hydrogen) atoms. The molecule has 0 saturated carbocycles. The molecule has 0 atom stereocenters. The van der Waals surface area contributed by atoms with Gasteiger partial charge in [-0.15, -0.1) is 5.10 Å². The second-order valence-corrected chi connectivity index (χ2v) is 4.05. The van der Waals surface area contributed by atoms with Crippen LogP contribution < -0.4 is 11.0 Å². The lowest BCUT2D eigenvalue weighted by atomic mass is 10.2. The third-order valence-corrected chi connectivity index (χ3v) is 2.74. The lowest BCUT2D eigenvalue weighted by Crippen LogP contribution is -2.14. The first-order chi connectivity index (χ1) is 9.33. The van der Waals surface area contributed by atoms with Crippen LogP contribution in [0.1, 0.15) is 5.56 Å². The van der Waals surface area contributed by atoms with Crippen LogP contribution in [0.4, 0.5) is 5.82 Å². The van der Waals surface area contributed by atoms with Gasteiger partial charge in [0.1, 0.15) is 5.82 Å². The van der Waals surface area contributed by atoms with Crippen LogP contribution in [0, 0.1) is 0 Å². The van der Waals surface area contributed by atoms with Crippen LogP contribution in [0.5, 0.6) is 0 Å². The highest BCUT2D eigenvalue weighted by Crippen LogP contribution is 2.04. The monoisotopic (exact) mass is 256 g/mol. The van der Waals surface area contributed by atoms with Gasteiger partial charge in [0, 0.05) is 18.9 Å². The van der Waals surface area contributed by atoms with Gasteiger partial charge in [0.2, 0.25) is 0 Å². The average molecular weight is 256 g/mol. The summed E-state index contributed by atoms with van der Waals surface area (Å²) >= 11 is 0. The van der Waals surface area contributed by atoms with E-state index in [2.05, 4.69) is 25.6 Å². The van der Waals surface area contributed by atoms with E-state index in [-0.39, 0.29) is 5.69 Å². The van der Waals surface area contributed by atoms with E-state index in [0.29, 0.717) is 11.5 Å². The first kappa shape index (κ1) is 11.4. The molecular weight excluding hydrogens is 244 g/mol. The van der Waals surface area contributed by atoms with Crippen molar-refractivity contribution in [1.29, 1.82) is 0 Å². The van der Waals surface area contributed by atoms with E-state index in [1.165, 1.54) is 10.1 Å². The van der Waals surface area contributed by atoms with Crippen molar-refractivity contribution < 1.29 is 0 Å². The largest absolute Gasteiger partial charge is 0.368 e. The van der Waals surface area contributed by atoms with E-state index < -0.39 is 0 Å². The smallest absolute Gasteiger partial charge is 0.364 e. The number of anilines is 1. The van der Waals surface area contributed by atoms with Gasteiger partial charge in [-0.25, -0.2) is 9.89 Å². The van der Waals surface area contributed by atoms with Gasteiger partial charge in [0.05, 0.1) is 0 Å². The van der Waals surface area contributed by atoms with Crippen molar-refractivity contribution in [2.24, 2.45) is 0 Å². The number of aromatic amines is 1. The fourth-order valence-electron chi connectivity index (χ4n) is 1.78. The highest BCUT2D eigenvalue weighted by molar-refractivity contribution is 5.42. The molecule has 3 aromatic heterocycles. The predicted molar refractivity (Wildman–Crippen MR) is 70.0 cm³/mol. The summed E-state index contributed by atoms with van der Waals surface area (Å²) in [5.74, 6) is 0.644. The maximum atomic E-state index is 11.4. The number of hydrogen-bond acceptors (Lipinski definition) is 5. The Morgan fingerprint density at radius 3 is 2.89 bits per heavy atom. The Hall–Kier alpha value is -2.70. The summed E-state index contributed by atoms with van der Waals surface area (Å²) in [7, 11) is 0. The lowest BCUT2D eigenvalue weighted by molar-refractivity contribution is 0.871. The summed E-state index contributed by atoms with van der Waals surface area (Å²) in [5.41, 5.74) is 1.36. The molecule has 0 aromatic carbocycles. The fourth-order valence-corrected chi connectivity index (χ4v) is 1.78. The maximum absolute atomic E-state index is 11.4. The predicted octanol–water partition coefficient (Wildman–Crippen LogP) is 0.467. The first-order valence-electron chi connectivity index (χ1n) is 5.90. The van der Waals surface area contributed by atoms with Gasteiger partial charge in [0.15, 0.2) is 5.65 Å². The van der Waals surface area contributed by atoms with Crippen LogP contribution in [0.15, 0.2) is 41.5 Å². The molecule has 0 spiro atoms. The van der Waals surface area contributed by atoms with Crippen molar-refractivity contribution in [3.05, 3.63) is 52.7 Å². The van der Waals surface area contributed by atoms with Crippen LogP contribution in [0.3, 0.4) is 0 Å². The molecule has 3 heterocycles. The molecule has 3 aromatic rings. The zero-order valence-corrected chi connectivity index (χ0v) is 10.1. The number of fused-ring (bicyclic) bond motifs is 1. The van der Waals surface area contributed by atoms with Gasteiger partial charge < -0.3 is 5.32 Å². The SMILES string of the molecule is O=c1[nH]nc2ccc(NCCc3ccncc3)nn12. The van der Waals surface area contributed by atoms with Crippen LogP contribution in [0.25, 0.3) is 5.65 Å². The Morgan fingerprint density at radius 1 is 1.21 bits per heavy atom. The van der Waals surface area contributed by atoms with Crippen molar-refractivity contribution in [3.8, 4) is 0 Å². The third kappa shape index (κ3) is 2.44. The summed E-state index contributed by atoms with van der Waals surface area (Å²) in [4.78, 5) is 15.3. The minimum atomic E-state index is -0.340. The molecule has 0 aliphatic heterocycles. The summed E-state index contributed by atoms with van der Waals surface area (Å²) in [6.45, 7) is 0.731. The molecule has 96 valence electrons. The molecule has 0 radical (unpaired) electrons. The Kier molecular flexibility index (Phi) is 2.93. The number of hydrogen-bond donors (Lipinski definition) is 2. The van der Waals surface area contributed by atoms with E-state index in [1.807, 2.05) is 12.1 Å². The van der Waals surface area contributed by atoms with Crippen LogP contribution in [-0.2, 0) is 6.42 Å². The molecule has 0 bridgehead atoms. The third-order valence-electron chi connectivity index (χ3n) is 2.74. The molecular formula is C12H12N6O. The summed E-state index contributed by atoms with van der Waals surface area (Å²) < 4.78 is 1.23. The Labute approximate surface area is 108 Å². The fraction of sp³-hybridized carbons (Fsp3) is 0.167. The van der Waals surface area contributed by atoms with Crippen molar-refractivity contribution in [3.63, 3.8) is 0 Å². The van der Waals surface area contributed by atoms with Crippen LogP contribution in [-0.4, -0.2) is 31.3 Å². The highest BCUT2D eigenvalue weighted by Gasteiger charge is 2.02. The second kappa shape index (κ2) is 4.89. The molecule has 2 N–H and O–H groups in total. The molecule has 0 aliphatic carbocycles. The van der Waals surface area contributed by atoms with Gasteiger partial charge in [-0.3, -0.25) is 4.98 Å². The minimum Gasteiger partial charge on any atom is -0.368 e. The van der Waals surface area contributed by atoms with Gasteiger partial charge in [-0.2, -0.15) is 9.61 Å². The van der Waals surface area contributed by atoms with Crippen molar-refractivity contribution in [2.75, 3.05) is 11.9 Å². The number of nitrogens with one attached hydrogen (secondary N) is 2. The van der Waals surface area contributed by atoms with Crippen molar-refractivity contribution >= 4 is 11.5 Å². The van der Waals surface area contributed by atoms with Gasteiger partial charge in [0.25, 0.3) is 0 Å². The molecule has 0 unspecified atom stereocenters. The number of nitrogens with zero attached hydrogens (tertiary/aromatic N) is 4. The van der Waals surface area contributed by atoms with Crippen LogP contribution in [0.2, 0.25) is 0 Å². The first-order valence-corrected chi connectivity index (χ1v) is 5.90. The Bertz CT molecular complexity index is 733. The number of rotatable bonds is 4. The Balaban J connectivity index is 1.68. The molecule has 0 fully saturated rings. The summed E-state index contributed by atoms with van der Waals surface area (Å²) in [5, 5.41) is 13.5. The van der Waals surface area contributed by atoms with E-state index >= 15 is 0 Å². The van der Waals surface area contributed by atoms with E-state index in [4.69, 9.17) is 0 Å². The topological polar surface area (TPSA) is 88.0 Å². The zero-order valence-electron chi connectivity index (χ0n) is 10.1. The normalized spacial score (nSPS) is 10.7. The van der Waals surface area contributed by atoms with Gasteiger partial charge in [-0.05, 0) is 36.2 Å². The molecule has 0 aliphatic rings. The number of H-pyrrole nitrogens is 1. The summed E-state index contributed by atoms with van der Waals surface area (Å²) in [6, 6.07) is 7.47. The van der Waals surface area contributed by atoms with E-state index in [1.54, 1.807) is 24.5 Å². The van der Waals surface area contributed by atoms with Crippen LogP contribution >= 0.6 is 0 Å². The van der Waals surface area contributed by atoms with Crippen molar-refractivity contribution in [2.45, 2.75) is 6.42 Å². The second-order valence-electron chi connectivity index (χ2n) is 4.05. The van der Waals surface area contributed by atoms with Gasteiger partial charge in [-0.1, -0.05) is 0 Å². The Morgan fingerprint density at radius 2 is 2.05 bits per heavy atom. The minimum absolute atomic E-state index is 0.340. The molecule has 7 heteroatoms.